The molecule has 5 heterocycles. The number of carbonyl (C=O) groups is 3. The highest BCUT2D eigenvalue weighted by molar-refractivity contribution is 7.13. The molecule has 0 saturated carbocycles. The first-order chi connectivity index (χ1) is 25.6. The van der Waals surface area contributed by atoms with Gasteiger partial charge in [-0.25, -0.2) is 29.3 Å². The number of halogens is 3. The minimum atomic E-state index is -4.76. The van der Waals surface area contributed by atoms with Crippen molar-refractivity contribution in [3.63, 3.8) is 0 Å². The van der Waals surface area contributed by atoms with Crippen molar-refractivity contribution in [2.45, 2.75) is 78.7 Å². The lowest BCUT2D eigenvalue weighted by Crippen LogP contribution is -2.40. The van der Waals surface area contributed by atoms with Crippen LogP contribution in [0.4, 0.5) is 34.4 Å². The summed E-state index contributed by atoms with van der Waals surface area (Å²) in [6.45, 7) is 12.7. The maximum atomic E-state index is 13.9. The molecule has 1 saturated heterocycles. The standard InChI is InChI=1S/C36H43F3N8O7S/c1-8-40-32(52)44-26-12-20(30-43-24(17-55-30)36(37,38)39)22(13-41-26)19-11-21-27(49)23(31(50)51)15-47(25(16-48)34(2,3)4)29(21)45-28(19)46-10-9-18(14-46)42-33(53)54-35(5,6)7/h11-13,15,17-18,25,48H,8-10,14,16H2,1-7H3,(H,42,53)(H,50,51)(H2,40,41,44,52)/t18?,25-/m1/s1. The highest BCUT2D eigenvalue weighted by Gasteiger charge is 2.36. The molecular weight excluding hydrogens is 746 g/mol. The van der Waals surface area contributed by atoms with E-state index in [1.54, 1.807) is 27.7 Å². The molecular formula is C36H43F3N8O7S. The van der Waals surface area contributed by atoms with E-state index in [0.29, 0.717) is 24.3 Å². The zero-order valence-corrected chi connectivity index (χ0v) is 32.1. The van der Waals surface area contributed by atoms with E-state index >= 15 is 0 Å². The Hall–Kier alpha value is -5.30. The predicted molar refractivity (Wildman–Crippen MR) is 201 cm³/mol. The number of pyridine rings is 3. The molecule has 5 rings (SSSR count). The monoisotopic (exact) mass is 788 g/mol. The molecule has 2 atom stereocenters. The van der Waals surface area contributed by atoms with Crippen LogP contribution >= 0.6 is 11.3 Å². The van der Waals surface area contributed by atoms with Crippen LogP contribution in [0, 0.1) is 5.41 Å². The number of hydrogen-bond acceptors (Lipinski definition) is 11. The predicted octanol–water partition coefficient (Wildman–Crippen LogP) is 6.12. The molecule has 19 heteroatoms. The molecule has 0 aromatic carbocycles. The molecule has 15 nitrogen and oxygen atoms in total. The fourth-order valence-corrected chi connectivity index (χ4v) is 7.04. The number of aromatic nitrogens is 4. The number of rotatable bonds is 9. The molecule has 0 radical (unpaired) electrons. The first-order valence-corrected chi connectivity index (χ1v) is 18.3. The number of alkyl halides is 3. The lowest BCUT2D eigenvalue weighted by Gasteiger charge is -2.33. The van der Waals surface area contributed by atoms with Gasteiger partial charge in [0.25, 0.3) is 0 Å². The number of aliphatic hydroxyl groups excluding tert-OH is 1. The Morgan fingerprint density at radius 1 is 1.07 bits per heavy atom. The maximum absolute atomic E-state index is 13.9. The van der Waals surface area contributed by atoms with Crippen molar-refractivity contribution < 1.29 is 42.5 Å². The topological polar surface area (TPSA) is 201 Å². The Morgan fingerprint density at radius 3 is 2.36 bits per heavy atom. The Balaban J connectivity index is 1.81. The number of anilines is 2. The zero-order chi connectivity index (χ0) is 40.6. The highest BCUT2D eigenvalue weighted by atomic mass is 32.1. The van der Waals surface area contributed by atoms with E-state index in [4.69, 9.17) is 9.72 Å². The number of nitrogens with zero attached hydrogens (tertiary/aromatic N) is 5. The molecule has 1 aliphatic rings. The van der Waals surface area contributed by atoms with Crippen LogP contribution in [0.2, 0.25) is 0 Å². The van der Waals surface area contributed by atoms with E-state index in [0.717, 1.165) is 11.6 Å². The van der Waals surface area contributed by atoms with Gasteiger partial charge in [-0.2, -0.15) is 13.2 Å². The van der Waals surface area contributed by atoms with Crippen molar-refractivity contribution in [2.24, 2.45) is 5.41 Å². The van der Waals surface area contributed by atoms with Crippen LogP contribution in [0.25, 0.3) is 32.7 Å². The summed E-state index contributed by atoms with van der Waals surface area (Å²) in [7, 11) is 0. The average Bonchev–Trinajstić information content (AvgIpc) is 3.75. The van der Waals surface area contributed by atoms with Crippen molar-refractivity contribution >= 4 is 52.1 Å². The first-order valence-electron chi connectivity index (χ1n) is 17.4. The summed E-state index contributed by atoms with van der Waals surface area (Å²) >= 11 is 0.697. The first kappa shape index (κ1) is 40.9. The van der Waals surface area contributed by atoms with E-state index in [1.165, 1.54) is 22.9 Å². The van der Waals surface area contributed by atoms with Crippen LogP contribution in [-0.4, -0.2) is 85.7 Å². The van der Waals surface area contributed by atoms with Gasteiger partial charge >= 0.3 is 24.3 Å². The van der Waals surface area contributed by atoms with E-state index < -0.39 is 70.7 Å². The van der Waals surface area contributed by atoms with Gasteiger partial charge < -0.3 is 35.1 Å². The Morgan fingerprint density at radius 2 is 1.78 bits per heavy atom. The Kier molecular flexibility index (Phi) is 11.5. The van der Waals surface area contributed by atoms with Gasteiger partial charge in [-0.15, -0.1) is 11.3 Å². The summed E-state index contributed by atoms with van der Waals surface area (Å²) in [5.74, 6) is -1.31. The molecule has 0 bridgehead atoms. The maximum Gasteiger partial charge on any atom is 0.434 e. The second-order valence-electron chi connectivity index (χ2n) is 15.1. The smallest absolute Gasteiger partial charge is 0.434 e. The zero-order valence-electron chi connectivity index (χ0n) is 31.3. The summed E-state index contributed by atoms with van der Waals surface area (Å²) in [6.07, 6.45) is -2.51. The number of alkyl carbamates (subject to hydrolysis) is 1. The van der Waals surface area contributed by atoms with E-state index in [-0.39, 0.29) is 57.5 Å². The number of ether oxygens (including phenoxy) is 1. The van der Waals surface area contributed by atoms with Gasteiger partial charge in [-0.1, -0.05) is 20.8 Å². The van der Waals surface area contributed by atoms with Gasteiger partial charge in [0.1, 0.15) is 33.5 Å². The van der Waals surface area contributed by atoms with E-state index in [1.807, 2.05) is 25.7 Å². The van der Waals surface area contributed by atoms with Crippen LogP contribution in [-0.2, 0) is 10.9 Å². The van der Waals surface area contributed by atoms with Gasteiger partial charge in [0, 0.05) is 54.1 Å². The van der Waals surface area contributed by atoms with Crippen LogP contribution in [0.5, 0.6) is 0 Å². The third-order valence-corrected chi connectivity index (χ3v) is 9.61. The lowest BCUT2D eigenvalue weighted by atomic mass is 9.86. The van der Waals surface area contributed by atoms with Gasteiger partial charge in [0.15, 0.2) is 5.69 Å². The second kappa shape index (κ2) is 15.4. The molecule has 55 heavy (non-hydrogen) atoms. The summed E-state index contributed by atoms with van der Waals surface area (Å²) in [4.78, 5) is 66.5. The fourth-order valence-electron chi connectivity index (χ4n) is 6.18. The van der Waals surface area contributed by atoms with Crippen molar-refractivity contribution in [2.75, 3.05) is 36.5 Å². The molecule has 1 unspecified atom stereocenters. The van der Waals surface area contributed by atoms with Gasteiger partial charge in [-0.05, 0) is 51.7 Å². The lowest BCUT2D eigenvalue weighted by molar-refractivity contribution is -0.140. The molecule has 1 fully saturated rings. The number of urea groups is 1. The van der Waals surface area contributed by atoms with Crippen LogP contribution < -0.4 is 26.3 Å². The Labute approximate surface area is 318 Å². The Bertz CT molecular complexity index is 2180. The molecule has 296 valence electrons. The summed E-state index contributed by atoms with van der Waals surface area (Å²) < 4.78 is 48.3. The summed E-state index contributed by atoms with van der Waals surface area (Å²) in [6, 6.07) is 0.960. The molecule has 1 aliphatic heterocycles. The number of thiazole rings is 1. The fraction of sp³-hybridized carbons (Fsp3) is 0.472. The van der Waals surface area contributed by atoms with E-state index in [9.17, 15) is 42.6 Å². The number of nitrogens with one attached hydrogen (secondary N) is 3. The van der Waals surface area contributed by atoms with Gasteiger partial charge in [-0.3, -0.25) is 10.1 Å². The van der Waals surface area contributed by atoms with Crippen molar-refractivity contribution in [3.05, 3.63) is 51.4 Å². The number of carbonyl (C=O) groups excluding carboxylic acids is 2. The third kappa shape index (κ3) is 9.16. The van der Waals surface area contributed by atoms with E-state index in [2.05, 4.69) is 25.9 Å². The number of fused-ring (bicyclic) bond motifs is 1. The largest absolute Gasteiger partial charge is 0.477 e. The number of carboxylic acids is 1. The number of carboxylic acid groups (broad SMARTS) is 1. The SMILES string of the molecule is CCNC(=O)Nc1cc(-c2nc(C(F)(F)F)cs2)c(-c2cc3c(=O)c(C(=O)O)cn([C@H](CO)C(C)(C)C)c3nc2N2CCC(NC(=O)OC(C)(C)C)C2)cn1. The third-order valence-electron chi connectivity index (χ3n) is 8.73. The number of aromatic carboxylic acids is 1. The number of aliphatic hydroxyl groups is 1. The minimum Gasteiger partial charge on any atom is -0.477 e. The van der Waals surface area contributed by atoms with Gasteiger partial charge in [0.05, 0.1) is 24.1 Å². The second-order valence-corrected chi connectivity index (χ2v) is 16.0. The molecule has 4 aromatic heterocycles. The average molecular weight is 789 g/mol. The molecule has 0 spiro atoms. The highest BCUT2D eigenvalue weighted by Crippen LogP contribution is 2.43. The van der Waals surface area contributed by atoms with Crippen molar-refractivity contribution in [1.82, 2.24) is 30.2 Å². The molecule has 4 aromatic rings. The normalized spacial score (nSPS) is 15.5. The van der Waals surface area contributed by atoms with Crippen LogP contribution in [0.3, 0.4) is 0 Å². The van der Waals surface area contributed by atoms with Crippen molar-refractivity contribution in [3.8, 4) is 21.7 Å². The molecule has 5 N–H and O–H groups in total. The molecule has 3 amide bonds. The van der Waals surface area contributed by atoms with Crippen LogP contribution in [0.1, 0.15) is 77.0 Å². The number of hydrogen-bond donors (Lipinski definition) is 5. The van der Waals surface area contributed by atoms with Crippen LogP contribution in [0.15, 0.2) is 34.7 Å². The molecule has 0 aliphatic carbocycles. The summed E-state index contributed by atoms with van der Waals surface area (Å²) in [5, 5.41) is 29.2. The van der Waals surface area contributed by atoms with Gasteiger partial charge in [0.2, 0.25) is 5.43 Å². The minimum absolute atomic E-state index is 0.0157. The van der Waals surface area contributed by atoms with Crippen molar-refractivity contribution in [1.29, 1.82) is 0 Å². The number of amides is 3. The quantitative estimate of drug-likeness (QED) is 0.131. The summed E-state index contributed by atoms with van der Waals surface area (Å²) in [5.41, 5.74) is -3.54.